The number of hydrogen-bond donors (Lipinski definition) is 2. The molecule has 0 aliphatic carbocycles. The van der Waals surface area contributed by atoms with Gasteiger partial charge in [-0.3, -0.25) is 0 Å². The summed E-state index contributed by atoms with van der Waals surface area (Å²) in [6, 6.07) is 17.1. The molecular formula is C23H17N3O4S. The molecule has 0 bridgehead atoms. The molecule has 0 fully saturated rings. The van der Waals surface area contributed by atoms with Gasteiger partial charge in [-0.25, -0.2) is 19.3 Å². The Morgan fingerprint density at radius 1 is 1.00 bits per heavy atom. The lowest BCUT2D eigenvalue weighted by Gasteiger charge is -2.06. The van der Waals surface area contributed by atoms with Crippen molar-refractivity contribution in [1.29, 1.82) is 0 Å². The second kappa shape index (κ2) is 8.37. The van der Waals surface area contributed by atoms with Gasteiger partial charge in [0, 0.05) is 28.1 Å². The fourth-order valence-electron chi connectivity index (χ4n) is 3.22. The summed E-state index contributed by atoms with van der Waals surface area (Å²) in [6.07, 6.45) is 2.60. The molecule has 7 nitrogen and oxygen atoms in total. The quantitative estimate of drug-likeness (QED) is 0.426. The van der Waals surface area contributed by atoms with E-state index in [9.17, 15) is 14.7 Å². The van der Waals surface area contributed by atoms with E-state index in [1.165, 1.54) is 22.8 Å². The summed E-state index contributed by atoms with van der Waals surface area (Å²) >= 11 is 1.20. The van der Waals surface area contributed by atoms with Crippen LogP contribution in [0.3, 0.4) is 0 Å². The summed E-state index contributed by atoms with van der Waals surface area (Å²) in [5.74, 6) is -2.10. The third-order valence-electron chi connectivity index (χ3n) is 4.66. The predicted octanol–water partition coefficient (Wildman–Crippen LogP) is 4.77. The van der Waals surface area contributed by atoms with Crippen LogP contribution in [0, 0.1) is 6.92 Å². The Morgan fingerprint density at radius 3 is 2.32 bits per heavy atom. The van der Waals surface area contributed by atoms with Gasteiger partial charge in [0.2, 0.25) is 5.13 Å². The molecule has 2 aromatic carbocycles. The maximum atomic E-state index is 11.3. The Labute approximate surface area is 181 Å². The molecular weight excluding hydrogens is 414 g/mol. The summed E-state index contributed by atoms with van der Waals surface area (Å²) in [7, 11) is 0. The zero-order valence-electron chi connectivity index (χ0n) is 16.4. The Bertz CT molecular complexity index is 1290. The van der Waals surface area contributed by atoms with Crippen LogP contribution in [0.15, 0.2) is 66.1 Å². The monoisotopic (exact) mass is 431 g/mol. The van der Waals surface area contributed by atoms with Crippen LogP contribution in [0.25, 0.3) is 33.7 Å². The Kier molecular flexibility index (Phi) is 5.46. The van der Waals surface area contributed by atoms with Crippen molar-refractivity contribution in [2.45, 2.75) is 6.92 Å². The maximum Gasteiger partial charge on any atom is 0.355 e. The molecule has 4 rings (SSSR count). The standard InChI is InChI=1S/C23H17N3O4S/c1-14-20(16-5-3-2-4-6-16)25-26(23-24-18(13-31-23)22(29)30)21(14)17-10-7-15(8-11-17)9-12-19(27)28/h2-13H,1H3,(H,27,28)(H,29,30)/b12-9+. The minimum absolute atomic E-state index is 0.0329. The van der Waals surface area contributed by atoms with Crippen LogP contribution in [-0.4, -0.2) is 36.9 Å². The predicted molar refractivity (Wildman–Crippen MR) is 118 cm³/mol. The number of rotatable bonds is 6. The lowest BCUT2D eigenvalue weighted by molar-refractivity contribution is -0.131. The van der Waals surface area contributed by atoms with E-state index in [1.807, 2.05) is 61.5 Å². The van der Waals surface area contributed by atoms with Crippen LogP contribution in [0.4, 0.5) is 0 Å². The zero-order chi connectivity index (χ0) is 22.0. The van der Waals surface area contributed by atoms with E-state index >= 15 is 0 Å². The van der Waals surface area contributed by atoms with Crippen molar-refractivity contribution < 1.29 is 19.8 Å². The van der Waals surface area contributed by atoms with Gasteiger partial charge in [0.05, 0.1) is 11.4 Å². The first-order valence-corrected chi connectivity index (χ1v) is 10.2. The van der Waals surface area contributed by atoms with Crippen LogP contribution in [0.1, 0.15) is 21.6 Å². The first-order chi connectivity index (χ1) is 14.9. The first kappa shape index (κ1) is 20.2. The SMILES string of the molecule is Cc1c(-c2ccccc2)nn(-c2nc(C(=O)O)cs2)c1-c1ccc(/C=C/C(=O)O)cc1. The first-order valence-electron chi connectivity index (χ1n) is 9.29. The highest BCUT2D eigenvalue weighted by atomic mass is 32.1. The third kappa shape index (κ3) is 4.15. The lowest BCUT2D eigenvalue weighted by Crippen LogP contribution is -2.02. The van der Waals surface area contributed by atoms with E-state index in [-0.39, 0.29) is 5.69 Å². The van der Waals surface area contributed by atoms with E-state index < -0.39 is 11.9 Å². The molecule has 0 atom stereocenters. The molecule has 8 heteroatoms. The van der Waals surface area contributed by atoms with Crippen LogP contribution >= 0.6 is 11.3 Å². The number of aromatic nitrogens is 3. The number of aliphatic carboxylic acids is 1. The van der Waals surface area contributed by atoms with Gasteiger partial charge in [-0.2, -0.15) is 5.10 Å². The number of hydrogen-bond acceptors (Lipinski definition) is 5. The average molecular weight is 431 g/mol. The van der Waals surface area contributed by atoms with E-state index in [2.05, 4.69) is 4.98 Å². The lowest BCUT2D eigenvalue weighted by atomic mass is 10.0. The molecule has 154 valence electrons. The average Bonchev–Trinajstić information content (AvgIpc) is 3.38. The normalized spacial score (nSPS) is 11.1. The second-order valence-electron chi connectivity index (χ2n) is 6.71. The van der Waals surface area contributed by atoms with E-state index in [0.717, 1.165) is 39.7 Å². The smallest absolute Gasteiger partial charge is 0.355 e. The molecule has 4 aromatic rings. The Balaban J connectivity index is 1.86. The fourth-order valence-corrected chi connectivity index (χ4v) is 3.98. The molecule has 2 N–H and O–H groups in total. The van der Waals surface area contributed by atoms with Gasteiger partial charge in [-0.15, -0.1) is 11.3 Å². The molecule has 2 aromatic heterocycles. The largest absolute Gasteiger partial charge is 0.478 e. The molecule has 2 heterocycles. The Hall–Kier alpha value is -4.04. The molecule has 0 saturated carbocycles. The van der Waals surface area contributed by atoms with Crippen LogP contribution < -0.4 is 0 Å². The highest BCUT2D eigenvalue weighted by Gasteiger charge is 2.21. The summed E-state index contributed by atoms with van der Waals surface area (Å²) in [6.45, 7) is 1.96. The molecule has 0 amide bonds. The highest BCUT2D eigenvalue weighted by molar-refractivity contribution is 7.12. The van der Waals surface area contributed by atoms with Gasteiger partial charge in [0.1, 0.15) is 0 Å². The molecule has 0 radical (unpaired) electrons. The number of nitrogens with zero attached hydrogens (tertiary/aromatic N) is 3. The summed E-state index contributed by atoms with van der Waals surface area (Å²) < 4.78 is 1.66. The molecule has 0 saturated heterocycles. The molecule has 0 spiro atoms. The van der Waals surface area contributed by atoms with Crippen molar-refractivity contribution in [3.8, 4) is 27.6 Å². The van der Waals surface area contributed by atoms with Crippen molar-refractivity contribution in [1.82, 2.24) is 14.8 Å². The van der Waals surface area contributed by atoms with E-state index in [0.29, 0.717) is 5.13 Å². The van der Waals surface area contributed by atoms with Crippen LogP contribution in [0.2, 0.25) is 0 Å². The van der Waals surface area contributed by atoms with Gasteiger partial charge in [0.25, 0.3) is 0 Å². The maximum absolute atomic E-state index is 11.3. The van der Waals surface area contributed by atoms with E-state index in [4.69, 9.17) is 10.2 Å². The van der Waals surface area contributed by atoms with Gasteiger partial charge in [-0.05, 0) is 18.6 Å². The third-order valence-corrected chi connectivity index (χ3v) is 5.48. The van der Waals surface area contributed by atoms with Gasteiger partial charge in [-0.1, -0.05) is 54.6 Å². The number of carboxylic acid groups (broad SMARTS) is 2. The van der Waals surface area contributed by atoms with Crippen molar-refractivity contribution in [3.05, 3.63) is 82.9 Å². The molecule has 0 aliphatic heterocycles. The molecule has 0 unspecified atom stereocenters. The number of carbonyl (C=O) groups is 2. The fraction of sp³-hybridized carbons (Fsp3) is 0.0435. The molecule has 0 aliphatic rings. The minimum Gasteiger partial charge on any atom is -0.478 e. The topological polar surface area (TPSA) is 105 Å². The van der Waals surface area contributed by atoms with Crippen molar-refractivity contribution in [3.63, 3.8) is 0 Å². The zero-order valence-corrected chi connectivity index (χ0v) is 17.2. The second-order valence-corrected chi connectivity index (χ2v) is 7.55. The van der Waals surface area contributed by atoms with Gasteiger partial charge >= 0.3 is 11.9 Å². The number of carboxylic acids is 2. The Morgan fingerprint density at radius 2 is 1.71 bits per heavy atom. The number of aromatic carboxylic acids is 1. The van der Waals surface area contributed by atoms with Crippen molar-refractivity contribution in [2.24, 2.45) is 0 Å². The summed E-state index contributed by atoms with van der Waals surface area (Å²) in [5, 5.41) is 24.8. The number of benzene rings is 2. The van der Waals surface area contributed by atoms with Crippen molar-refractivity contribution >= 4 is 29.4 Å². The van der Waals surface area contributed by atoms with Gasteiger partial charge < -0.3 is 10.2 Å². The number of thiazole rings is 1. The van der Waals surface area contributed by atoms with Crippen molar-refractivity contribution in [2.75, 3.05) is 0 Å². The molecule has 31 heavy (non-hydrogen) atoms. The minimum atomic E-state index is -1.09. The summed E-state index contributed by atoms with van der Waals surface area (Å²) in [4.78, 5) is 26.3. The van der Waals surface area contributed by atoms with Crippen LogP contribution in [0.5, 0.6) is 0 Å². The van der Waals surface area contributed by atoms with E-state index in [1.54, 1.807) is 4.68 Å². The van der Waals surface area contributed by atoms with Gasteiger partial charge in [0.15, 0.2) is 5.69 Å². The van der Waals surface area contributed by atoms with Crippen LogP contribution in [-0.2, 0) is 4.79 Å². The summed E-state index contributed by atoms with van der Waals surface area (Å²) in [5.41, 5.74) is 5.00. The highest BCUT2D eigenvalue weighted by Crippen LogP contribution is 2.34.